The molecular weight excluding hydrogens is 406 g/mol. The summed E-state index contributed by atoms with van der Waals surface area (Å²) in [5, 5.41) is 5.08. The van der Waals surface area contributed by atoms with Crippen molar-refractivity contribution in [1.29, 1.82) is 0 Å². The van der Waals surface area contributed by atoms with Gasteiger partial charge in [-0.15, -0.1) is 0 Å². The Balaban J connectivity index is 1.73. The molecule has 1 amide bonds. The lowest BCUT2D eigenvalue weighted by Crippen LogP contribution is -2.22. The Morgan fingerprint density at radius 1 is 1.00 bits per heavy atom. The second-order valence-corrected chi connectivity index (χ2v) is 7.06. The molecule has 4 nitrogen and oxygen atoms in total. The van der Waals surface area contributed by atoms with Gasteiger partial charge >= 0.3 is 0 Å². The highest BCUT2D eigenvalue weighted by atomic mass is 79.9. The van der Waals surface area contributed by atoms with Crippen LogP contribution in [0.1, 0.15) is 19.4 Å². The number of hydrogen-bond acceptors (Lipinski definition) is 3. The average Bonchev–Trinajstić information content (AvgIpc) is 2.64. The summed E-state index contributed by atoms with van der Waals surface area (Å²) in [7, 11) is 0. The largest absolute Gasteiger partial charge is 0.493 e. The van der Waals surface area contributed by atoms with Crippen molar-refractivity contribution in [1.82, 2.24) is 5.32 Å². The van der Waals surface area contributed by atoms with Gasteiger partial charge < -0.3 is 14.8 Å². The van der Waals surface area contributed by atoms with E-state index < -0.39 is 0 Å². The third kappa shape index (κ3) is 5.23. The predicted molar refractivity (Wildman–Crippen MR) is 112 cm³/mol. The van der Waals surface area contributed by atoms with E-state index in [1.807, 2.05) is 37.3 Å². The SMILES string of the molecule is CCOc1ccc(Oc2ccc3cc(CCNC(C)=O)ccc3c2)cc1Br. The van der Waals surface area contributed by atoms with Gasteiger partial charge in [-0.25, -0.2) is 0 Å². The van der Waals surface area contributed by atoms with Crippen molar-refractivity contribution >= 4 is 32.6 Å². The third-order valence-electron chi connectivity index (χ3n) is 4.10. The Hall–Kier alpha value is -2.53. The molecule has 3 rings (SSSR count). The highest BCUT2D eigenvalue weighted by Crippen LogP contribution is 2.32. The van der Waals surface area contributed by atoms with Crippen LogP contribution >= 0.6 is 15.9 Å². The molecule has 0 atom stereocenters. The molecule has 0 fully saturated rings. The highest BCUT2D eigenvalue weighted by molar-refractivity contribution is 9.10. The zero-order valence-corrected chi connectivity index (χ0v) is 17.0. The van der Waals surface area contributed by atoms with E-state index >= 15 is 0 Å². The van der Waals surface area contributed by atoms with Crippen LogP contribution < -0.4 is 14.8 Å². The van der Waals surface area contributed by atoms with Gasteiger partial charge in [0.2, 0.25) is 5.91 Å². The summed E-state index contributed by atoms with van der Waals surface area (Å²) >= 11 is 3.51. The monoisotopic (exact) mass is 427 g/mol. The molecule has 0 aliphatic carbocycles. The number of hydrogen-bond donors (Lipinski definition) is 1. The van der Waals surface area contributed by atoms with Crippen molar-refractivity contribution < 1.29 is 14.3 Å². The summed E-state index contributed by atoms with van der Waals surface area (Å²) in [6, 6.07) is 18.0. The zero-order valence-electron chi connectivity index (χ0n) is 15.4. The van der Waals surface area contributed by atoms with Gasteiger partial charge in [0.05, 0.1) is 11.1 Å². The Labute approximate surface area is 167 Å². The van der Waals surface area contributed by atoms with E-state index in [1.165, 1.54) is 12.5 Å². The maximum Gasteiger partial charge on any atom is 0.216 e. The maximum atomic E-state index is 11.0. The Morgan fingerprint density at radius 3 is 2.44 bits per heavy atom. The van der Waals surface area contributed by atoms with Crippen molar-refractivity contribution in [2.75, 3.05) is 13.2 Å². The fraction of sp³-hybridized carbons (Fsp3) is 0.227. The molecule has 0 bridgehead atoms. The number of benzene rings is 3. The number of nitrogens with one attached hydrogen (secondary N) is 1. The van der Waals surface area contributed by atoms with E-state index in [2.05, 4.69) is 45.5 Å². The molecular formula is C22H22BrNO3. The second-order valence-electron chi connectivity index (χ2n) is 6.20. The zero-order chi connectivity index (χ0) is 19.2. The van der Waals surface area contributed by atoms with Crippen molar-refractivity contribution in [3.8, 4) is 17.2 Å². The quantitative estimate of drug-likeness (QED) is 0.543. The molecule has 0 saturated heterocycles. The lowest BCUT2D eigenvalue weighted by molar-refractivity contribution is -0.118. The number of fused-ring (bicyclic) bond motifs is 1. The van der Waals surface area contributed by atoms with E-state index in [1.54, 1.807) is 0 Å². The van der Waals surface area contributed by atoms with Gasteiger partial charge in [-0.2, -0.15) is 0 Å². The lowest BCUT2D eigenvalue weighted by Gasteiger charge is -2.11. The normalized spacial score (nSPS) is 10.6. The number of carbonyl (C=O) groups is 1. The van der Waals surface area contributed by atoms with Crippen LogP contribution in [0.15, 0.2) is 59.1 Å². The minimum Gasteiger partial charge on any atom is -0.493 e. The smallest absolute Gasteiger partial charge is 0.216 e. The van der Waals surface area contributed by atoms with Crippen LogP contribution in [0.3, 0.4) is 0 Å². The number of carbonyl (C=O) groups excluding carboxylic acids is 1. The van der Waals surface area contributed by atoms with Crippen LogP contribution in [0.5, 0.6) is 17.2 Å². The summed E-state index contributed by atoms with van der Waals surface area (Å²) in [5.41, 5.74) is 1.19. The summed E-state index contributed by atoms with van der Waals surface area (Å²) in [4.78, 5) is 11.0. The van der Waals surface area contributed by atoms with Crippen LogP contribution in [-0.4, -0.2) is 19.1 Å². The maximum absolute atomic E-state index is 11.0. The minimum atomic E-state index is -0.00138. The fourth-order valence-corrected chi connectivity index (χ4v) is 3.30. The van der Waals surface area contributed by atoms with Gasteiger partial charge in [0.1, 0.15) is 17.2 Å². The molecule has 0 aliphatic heterocycles. The van der Waals surface area contributed by atoms with Gasteiger partial charge in [-0.05, 0) is 75.9 Å². The summed E-state index contributed by atoms with van der Waals surface area (Å²) in [6.07, 6.45) is 0.813. The number of halogens is 1. The molecule has 1 N–H and O–H groups in total. The number of ether oxygens (including phenoxy) is 2. The second kappa shape index (κ2) is 8.91. The van der Waals surface area contributed by atoms with Gasteiger partial charge in [0.25, 0.3) is 0 Å². The van der Waals surface area contributed by atoms with Gasteiger partial charge in [0.15, 0.2) is 0 Å². The van der Waals surface area contributed by atoms with Crippen molar-refractivity contribution in [2.45, 2.75) is 20.3 Å². The first kappa shape index (κ1) is 19.2. The Bertz CT molecular complexity index is 955. The molecule has 3 aromatic carbocycles. The standard InChI is InChI=1S/C22H22BrNO3/c1-3-26-22-9-8-20(14-21(22)23)27-19-7-6-17-12-16(4-5-18(17)13-19)10-11-24-15(2)25/h4-9,12-14H,3,10-11H2,1-2H3,(H,24,25). The van der Waals surface area contributed by atoms with Crippen molar-refractivity contribution in [3.63, 3.8) is 0 Å². The first-order valence-electron chi connectivity index (χ1n) is 8.92. The molecule has 0 aliphatic rings. The summed E-state index contributed by atoms with van der Waals surface area (Å²) < 4.78 is 12.4. The molecule has 0 aromatic heterocycles. The first-order valence-corrected chi connectivity index (χ1v) is 9.72. The van der Waals surface area contributed by atoms with Gasteiger partial charge in [-0.3, -0.25) is 4.79 Å². The summed E-state index contributed by atoms with van der Waals surface area (Å²) in [5.74, 6) is 2.33. The van der Waals surface area contributed by atoms with Crippen molar-refractivity contribution in [2.24, 2.45) is 0 Å². The molecule has 0 spiro atoms. The van der Waals surface area contributed by atoms with E-state index in [0.717, 1.165) is 38.9 Å². The van der Waals surface area contributed by atoms with Gasteiger partial charge in [-0.1, -0.05) is 24.3 Å². The van der Waals surface area contributed by atoms with E-state index in [9.17, 15) is 4.79 Å². The van der Waals surface area contributed by atoms with Crippen LogP contribution in [0, 0.1) is 0 Å². The molecule has 5 heteroatoms. The van der Waals surface area contributed by atoms with Gasteiger partial charge in [0, 0.05) is 13.5 Å². The first-order chi connectivity index (χ1) is 13.0. The molecule has 0 radical (unpaired) electrons. The van der Waals surface area contributed by atoms with Crippen LogP contribution in [0.4, 0.5) is 0 Å². The average molecular weight is 428 g/mol. The van der Waals surface area contributed by atoms with Crippen LogP contribution in [-0.2, 0) is 11.2 Å². The highest BCUT2D eigenvalue weighted by Gasteiger charge is 2.05. The predicted octanol–water partition coefficient (Wildman–Crippen LogP) is 5.47. The minimum absolute atomic E-state index is 0.00138. The lowest BCUT2D eigenvalue weighted by atomic mass is 10.0. The topological polar surface area (TPSA) is 47.6 Å². The van der Waals surface area contributed by atoms with Crippen LogP contribution in [0.2, 0.25) is 0 Å². The molecule has 0 unspecified atom stereocenters. The van der Waals surface area contributed by atoms with Crippen molar-refractivity contribution in [3.05, 3.63) is 64.6 Å². The molecule has 3 aromatic rings. The van der Waals surface area contributed by atoms with E-state index in [4.69, 9.17) is 9.47 Å². The third-order valence-corrected chi connectivity index (χ3v) is 4.72. The molecule has 140 valence electrons. The van der Waals surface area contributed by atoms with E-state index in [0.29, 0.717) is 13.2 Å². The molecule has 0 saturated carbocycles. The van der Waals surface area contributed by atoms with Crippen LogP contribution in [0.25, 0.3) is 10.8 Å². The Kier molecular flexibility index (Phi) is 6.35. The van der Waals surface area contributed by atoms with E-state index in [-0.39, 0.29) is 5.91 Å². The fourth-order valence-electron chi connectivity index (χ4n) is 2.83. The molecule has 27 heavy (non-hydrogen) atoms. The molecule has 0 heterocycles. The number of rotatable bonds is 7. The summed E-state index contributed by atoms with van der Waals surface area (Å²) in [6.45, 7) is 4.76. The Morgan fingerprint density at radius 2 is 1.70 bits per heavy atom. The number of amides is 1.